The number of benzene rings is 2. The van der Waals surface area contributed by atoms with E-state index in [0.717, 1.165) is 11.8 Å². The number of ether oxygens (including phenoxy) is 5. The molecule has 0 saturated carbocycles. The predicted octanol–water partition coefficient (Wildman–Crippen LogP) is 3.84. The van der Waals surface area contributed by atoms with Gasteiger partial charge in [-0.1, -0.05) is 24.0 Å². The Labute approximate surface area is 189 Å². The summed E-state index contributed by atoms with van der Waals surface area (Å²) in [5, 5.41) is 10.1. The second-order valence-electron chi connectivity index (χ2n) is 6.17. The number of carbonyl (C=O) groups excluding carboxylic acids is 1. The smallest absolute Gasteiger partial charge is 0.270 e. The van der Waals surface area contributed by atoms with E-state index in [2.05, 4.69) is 0 Å². The molecular weight excluding hydrogens is 442 g/mol. The molecular formula is C21H21NO7S2. The van der Waals surface area contributed by atoms with E-state index >= 15 is 0 Å². The summed E-state index contributed by atoms with van der Waals surface area (Å²) in [5.74, 6) is 1.25. The molecule has 3 rings (SSSR count). The number of rotatable bonds is 7. The van der Waals surface area contributed by atoms with E-state index in [4.69, 9.17) is 35.9 Å². The lowest BCUT2D eigenvalue weighted by molar-refractivity contribution is -0.113. The van der Waals surface area contributed by atoms with Gasteiger partial charge in [-0.2, -0.15) is 0 Å². The third-order valence-corrected chi connectivity index (χ3v) is 5.80. The fourth-order valence-electron chi connectivity index (χ4n) is 3.04. The number of carbonyl (C=O) groups is 1. The van der Waals surface area contributed by atoms with Crippen molar-refractivity contribution in [2.75, 3.05) is 40.4 Å². The summed E-state index contributed by atoms with van der Waals surface area (Å²) >= 11 is 6.61. The number of hydrogen-bond donors (Lipinski definition) is 1. The number of amides is 1. The zero-order chi connectivity index (χ0) is 22.7. The fourth-order valence-corrected chi connectivity index (χ4v) is 4.33. The van der Waals surface area contributed by atoms with Crippen LogP contribution < -0.4 is 28.6 Å². The minimum atomic E-state index is -0.310. The highest BCUT2D eigenvalue weighted by molar-refractivity contribution is 8.27. The van der Waals surface area contributed by atoms with Gasteiger partial charge in [-0.3, -0.25) is 9.69 Å². The first-order valence-electron chi connectivity index (χ1n) is 8.91. The lowest BCUT2D eigenvalue weighted by Gasteiger charge is -2.19. The molecule has 1 N–H and O–H groups in total. The second-order valence-corrected chi connectivity index (χ2v) is 7.85. The molecule has 0 aromatic heterocycles. The van der Waals surface area contributed by atoms with E-state index in [1.807, 2.05) is 0 Å². The number of phenolic OH excluding ortho intramolecular Hbond substituents is 1. The number of nitrogens with zero attached hydrogens (tertiary/aromatic N) is 1. The van der Waals surface area contributed by atoms with Gasteiger partial charge in [0, 0.05) is 12.1 Å². The predicted molar refractivity (Wildman–Crippen MR) is 123 cm³/mol. The first-order valence-corrected chi connectivity index (χ1v) is 10.1. The fraction of sp³-hybridized carbons (Fsp3) is 0.238. The van der Waals surface area contributed by atoms with E-state index in [-0.39, 0.29) is 23.2 Å². The number of phenols is 1. The van der Waals surface area contributed by atoms with Crippen LogP contribution >= 0.6 is 24.0 Å². The molecule has 1 amide bonds. The van der Waals surface area contributed by atoms with Crippen molar-refractivity contribution in [3.05, 3.63) is 34.7 Å². The van der Waals surface area contributed by atoms with E-state index in [9.17, 15) is 9.90 Å². The molecule has 31 heavy (non-hydrogen) atoms. The van der Waals surface area contributed by atoms with Crippen LogP contribution in [0.5, 0.6) is 34.5 Å². The van der Waals surface area contributed by atoms with Crippen molar-refractivity contribution in [2.24, 2.45) is 0 Å². The van der Waals surface area contributed by atoms with E-state index < -0.39 is 0 Å². The van der Waals surface area contributed by atoms with E-state index in [0.29, 0.717) is 37.7 Å². The maximum absolute atomic E-state index is 13.2. The summed E-state index contributed by atoms with van der Waals surface area (Å²) in [6, 6.07) is 6.51. The molecule has 0 spiro atoms. The van der Waals surface area contributed by atoms with Crippen molar-refractivity contribution in [2.45, 2.75) is 0 Å². The summed E-state index contributed by atoms with van der Waals surface area (Å²) in [5.41, 5.74) is 1.10. The molecule has 1 fully saturated rings. The van der Waals surface area contributed by atoms with Crippen LogP contribution in [-0.2, 0) is 4.79 Å². The molecule has 0 aliphatic carbocycles. The van der Waals surface area contributed by atoms with Gasteiger partial charge in [0.2, 0.25) is 11.5 Å². The topological polar surface area (TPSA) is 86.7 Å². The zero-order valence-corrected chi connectivity index (χ0v) is 19.2. The van der Waals surface area contributed by atoms with Gasteiger partial charge in [-0.05, 0) is 23.8 Å². The lowest BCUT2D eigenvalue weighted by Crippen LogP contribution is -2.27. The maximum atomic E-state index is 13.2. The summed E-state index contributed by atoms with van der Waals surface area (Å²) < 4.78 is 26.8. The first-order chi connectivity index (χ1) is 14.9. The van der Waals surface area contributed by atoms with Gasteiger partial charge >= 0.3 is 0 Å². The van der Waals surface area contributed by atoms with E-state index in [1.165, 1.54) is 40.4 Å². The highest BCUT2D eigenvalue weighted by Gasteiger charge is 2.34. The van der Waals surface area contributed by atoms with Crippen LogP contribution in [0.15, 0.2) is 29.2 Å². The van der Waals surface area contributed by atoms with Gasteiger partial charge in [-0.15, -0.1) is 0 Å². The summed E-state index contributed by atoms with van der Waals surface area (Å²) in [6.45, 7) is 0. The number of thiocarbonyl (C=S) groups is 1. The Balaban J connectivity index is 2.02. The molecule has 164 valence electrons. The Morgan fingerprint density at radius 1 is 0.871 bits per heavy atom. The average molecular weight is 464 g/mol. The van der Waals surface area contributed by atoms with Crippen LogP contribution in [0.3, 0.4) is 0 Å². The maximum Gasteiger partial charge on any atom is 0.270 e. The molecule has 1 heterocycles. The third kappa shape index (κ3) is 4.21. The van der Waals surface area contributed by atoms with Crippen LogP contribution in [0, 0.1) is 0 Å². The number of aromatic hydroxyl groups is 1. The normalized spacial score (nSPS) is 14.7. The summed E-state index contributed by atoms with van der Waals surface area (Å²) in [4.78, 5) is 15.0. The SMILES string of the molecule is COc1cc(C=C2SC(=S)N(c3cc(OC)c(OC)c(OC)c3)C2=O)cc(OC)c1O. The Bertz CT molecular complexity index is 1020. The van der Waals surface area contributed by atoms with Gasteiger partial charge in [0.05, 0.1) is 46.1 Å². The lowest BCUT2D eigenvalue weighted by atomic mass is 10.1. The first kappa shape index (κ1) is 22.6. The average Bonchev–Trinajstić information content (AvgIpc) is 3.06. The number of anilines is 1. The molecule has 10 heteroatoms. The van der Waals surface area contributed by atoms with Crippen LogP contribution in [0.25, 0.3) is 6.08 Å². The Morgan fingerprint density at radius 3 is 1.84 bits per heavy atom. The number of hydrogen-bond acceptors (Lipinski definition) is 9. The van der Waals surface area contributed by atoms with Crippen LogP contribution in [0.4, 0.5) is 5.69 Å². The standard InChI is InChI=1S/C21H21NO7S2/c1-25-13-6-11(7-14(26-2)18(13)23)8-17-20(24)22(21(30)31-17)12-9-15(27-3)19(29-5)16(10-12)28-4/h6-10,23H,1-5H3. The molecule has 0 radical (unpaired) electrons. The molecule has 2 aromatic rings. The Hall–Kier alpha value is -3.11. The molecule has 0 unspecified atom stereocenters. The molecule has 8 nitrogen and oxygen atoms in total. The largest absolute Gasteiger partial charge is 0.502 e. The monoisotopic (exact) mass is 463 g/mol. The van der Waals surface area contributed by atoms with E-state index in [1.54, 1.807) is 30.3 Å². The van der Waals surface area contributed by atoms with Crippen molar-refractivity contribution in [3.63, 3.8) is 0 Å². The van der Waals surface area contributed by atoms with Crippen LogP contribution in [0.2, 0.25) is 0 Å². The molecule has 0 atom stereocenters. The highest BCUT2D eigenvalue weighted by Crippen LogP contribution is 2.45. The van der Waals surface area contributed by atoms with Crippen molar-refractivity contribution in [1.29, 1.82) is 0 Å². The Kier molecular flexibility index (Phi) is 6.81. The number of thioether (sulfide) groups is 1. The van der Waals surface area contributed by atoms with Crippen LogP contribution in [0.1, 0.15) is 5.56 Å². The summed E-state index contributed by atoms with van der Waals surface area (Å²) in [7, 11) is 7.36. The van der Waals surface area contributed by atoms with Gasteiger partial charge in [0.15, 0.2) is 27.3 Å². The quantitative estimate of drug-likeness (QED) is 0.486. The summed E-state index contributed by atoms with van der Waals surface area (Å²) in [6.07, 6.45) is 1.65. The van der Waals surface area contributed by atoms with Crippen LogP contribution in [-0.4, -0.2) is 50.9 Å². The molecule has 1 saturated heterocycles. The molecule has 1 aliphatic heterocycles. The molecule has 2 aromatic carbocycles. The van der Waals surface area contributed by atoms with Gasteiger partial charge in [0.25, 0.3) is 5.91 Å². The molecule has 0 bridgehead atoms. The van der Waals surface area contributed by atoms with Gasteiger partial charge in [-0.25, -0.2) is 0 Å². The number of methoxy groups -OCH3 is 5. The minimum absolute atomic E-state index is 0.118. The zero-order valence-electron chi connectivity index (χ0n) is 17.5. The molecule has 1 aliphatic rings. The van der Waals surface area contributed by atoms with Crippen molar-refractivity contribution < 1.29 is 33.6 Å². The van der Waals surface area contributed by atoms with Gasteiger partial charge in [0.1, 0.15) is 0 Å². The Morgan fingerprint density at radius 2 is 1.39 bits per heavy atom. The minimum Gasteiger partial charge on any atom is -0.502 e. The van der Waals surface area contributed by atoms with Crippen molar-refractivity contribution in [3.8, 4) is 34.5 Å². The second kappa shape index (κ2) is 9.36. The van der Waals surface area contributed by atoms with Crippen molar-refractivity contribution in [1.82, 2.24) is 0 Å². The third-order valence-electron chi connectivity index (χ3n) is 4.50. The van der Waals surface area contributed by atoms with Crippen molar-refractivity contribution >= 4 is 46.0 Å². The van der Waals surface area contributed by atoms with Gasteiger partial charge < -0.3 is 28.8 Å². The highest BCUT2D eigenvalue weighted by atomic mass is 32.2.